The fraction of sp³-hybridized carbons (Fsp3) is 1.00. The average molecular weight is 420 g/mol. The summed E-state index contributed by atoms with van der Waals surface area (Å²) in [7, 11) is 4.67. The SMILES string of the molecule is CCCCCCCCCC[N+](C)(C)CCBr.[I-]. The van der Waals surface area contributed by atoms with Crippen molar-refractivity contribution in [3.63, 3.8) is 0 Å². The molecular weight excluding hydrogens is 389 g/mol. The third-order valence-electron chi connectivity index (χ3n) is 3.31. The lowest BCUT2D eigenvalue weighted by molar-refractivity contribution is -0.887. The number of alkyl halides is 1. The Bertz CT molecular complexity index is 151. The van der Waals surface area contributed by atoms with Crippen LogP contribution in [0.1, 0.15) is 58.3 Å². The predicted octanol–water partition coefficient (Wildman–Crippen LogP) is 1.60. The first kappa shape index (κ1) is 20.5. The van der Waals surface area contributed by atoms with Gasteiger partial charge in [0.15, 0.2) is 0 Å². The van der Waals surface area contributed by atoms with E-state index in [2.05, 4.69) is 36.9 Å². The number of hydrogen-bond acceptors (Lipinski definition) is 0. The topological polar surface area (TPSA) is 0 Å². The fourth-order valence-electron chi connectivity index (χ4n) is 2.01. The zero-order valence-corrected chi connectivity index (χ0v) is 15.7. The molecule has 0 aliphatic carbocycles. The summed E-state index contributed by atoms with van der Waals surface area (Å²) in [5.74, 6) is 0. The van der Waals surface area contributed by atoms with E-state index in [1.54, 1.807) is 0 Å². The van der Waals surface area contributed by atoms with Gasteiger partial charge in [-0.05, 0) is 12.8 Å². The van der Waals surface area contributed by atoms with Crippen LogP contribution in [0.3, 0.4) is 0 Å². The predicted molar refractivity (Wildman–Crippen MR) is 78.2 cm³/mol. The standard InChI is InChI=1S/C14H31BrN.HI/c1-4-5-6-7-8-9-10-11-13-16(2,3)14-12-15;/h4-14H2,1-3H3;1H/q+1;/p-1. The minimum atomic E-state index is 0. The van der Waals surface area contributed by atoms with E-state index in [-0.39, 0.29) is 24.0 Å². The highest BCUT2D eigenvalue weighted by Crippen LogP contribution is 2.10. The third kappa shape index (κ3) is 15.1. The summed E-state index contributed by atoms with van der Waals surface area (Å²) in [6.07, 6.45) is 11.4. The Morgan fingerprint density at radius 2 is 1.24 bits per heavy atom. The Morgan fingerprint density at radius 1 is 0.765 bits per heavy atom. The maximum absolute atomic E-state index is 3.53. The highest BCUT2D eigenvalue weighted by molar-refractivity contribution is 9.09. The summed E-state index contributed by atoms with van der Waals surface area (Å²) in [4.78, 5) is 0. The molecular formula is C14H31BrIN. The van der Waals surface area contributed by atoms with Gasteiger partial charge in [0.1, 0.15) is 0 Å². The quantitative estimate of drug-likeness (QED) is 0.206. The summed E-state index contributed by atoms with van der Waals surface area (Å²) in [6, 6.07) is 0. The van der Waals surface area contributed by atoms with Crippen LogP contribution < -0.4 is 24.0 Å². The highest BCUT2D eigenvalue weighted by Gasteiger charge is 2.12. The molecule has 0 unspecified atom stereocenters. The number of nitrogens with zero attached hydrogens (tertiary/aromatic N) is 1. The fourth-order valence-corrected chi connectivity index (χ4v) is 2.97. The van der Waals surface area contributed by atoms with Gasteiger partial charge in [0.05, 0.1) is 32.5 Å². The Morgan fingerprint density at radius 3 is 1.71 bits per heavy atom. The van der Waals surface area contributed by atoms with Gasteiger partial charge in [-0.1, -0.05) is 61.4 Å². The van der Waals surface area contributed by atoms with Crippen LogP contribution in [0.25, 0.3) is 0 Å². The number of halogens is 2. The van der Waals surface area contributed by atoms with E-state index < -0.39 is 0 Å². The van der Waals surface area contributed by atoms with E-state index in [0.29, 0.717) is 0 Å². The molecule has 0 saturated heterocycles. The molecule has 0 aliphatic heterocycles. The van der Waals surface area contributed by atoms with Gasteiger partial charge in [-0.3, -0.25) is 0 Å². The lowest BCUT2D eigenvalue weighted by Crippen LogP contribution is -3.00. The monoisotopic (exact) mass is 419 g/mol. The molecule has 0 radical (unpaired) electrons. The highest BCUT2D eigenvalue weighted by atomic mass is 127. The Hall–Kier alpha value is 1.17. The van der Waals surface area contributed by atoms with Crippen molar-refractivity contribution >= 4 is 15.9 Å². The van der Waals surface area contributed by atoms with Crippen molar-refractivity contribution < 1.29 is 28.5 Å². The third-order valence-corrected chi connectivity index (χ3v) is 3.66. The number of rotatable bonds is 11. The summed E-state index contributed by atoms with van der Waals surface area (Å²) in [6.45, 7) is 4.86. The summed E-state index contributed by atoms with van der Waals surface area (Å²) in [5, 5.41) is 1.12. The lowest BCUT2D eigenvalue weighted by atomic mass is 10.1. The van der Waals surface area contributed by atoms with Gasteiger partial charge < -0.3 is 28.5 Å². The van der Waals surface area contributed by atoms with Crippen LogP contribution in [-0.2, 0) is 0 Å². The van der Waals surface area contributed by atoms with Crippen LogP contribution in [-0.4, -0.2) is 37.0 Å². The minimum absolute atomic E-state index is 0. The smallest absolute Gasteiger partial charge is 0.0880 e. The number of hydrogen-bond donors (Lipinski definition) is 0. The van der Waals surface area contributed by atoms with Crippen molar-refractivity contribution in [2.75, 3.05) is 32.5 Å². The van der Waals surface area contributed by atoms with Crippen LogP contribution in [0.5, 0.6) is 0 Å². The Labute approximate surface area is 134 Å². The second kappa shape index (κ2) is 13.6. The molecule has 0 aromatic heterocycles. The zero-order chi connectivity index (χ0) is 12.3. The van der Waals surface area contributed by atoms with Crippen LogP contribution in [0.2, 0.25) is 0 Å². The summed E-state index contributed by atoms with van der Waals surface area (Å²) < 4.78 is 1.17. The summed E-state index contributed by atoms with van der Waals surface area (Å²) >= 11 is 3.53. The molecule has 0 N–H and O–H groups in total. The molecule has 0 rings (SSSR count). The van der Waals surface area contributed by atoms with Crippen molar-refractivity contribution in [3.05, 3.63) is 0 Å². The van der Waals surface area contributed by atoms with Gasteiger partial charge in [-0.25, -0.2) is 0 Å². The largest absolute Gasteiger partial charge is 1.00 e. The molecule has 0 aromatic carbocycles. The molecule has 1 nitrogen and oxygen atoms in total. The van der Waals surface area contributed by atoms with Crippen molar-refractivity contribution in [1.29, 1.82) is 0 Å². The van der Waals surface area contributed by atoms with Crippen molar-refractivity contribution in [2.45, 2.75) is 58.3 Å². The van der Waals surface area contributed by atoms with Crippen molar-refractivity contribution in [3.8, 4) is 0 Å². The molecule has 0 amide bonds. The van der Waals surface area contributed by atoms with E-state index in [9.17, 15) is 0 Å². The van der Waals surface area contributed by atoms with E-state index in [1.165, 1.54) is 68.9 Å². The van der Waals surface area contributed by atoms with Gasteiger partial charge >= 0.3 is 0 Å². The molecule has 0 aliphatic rings. The number of unbranched alkanes of at least 4 members (excludes halogenated alkanes) is 7. The van der Waals surface area contributed by atoms with E-state index in [4.69, 9.17) is 0 Å². The van der Waals surface area contributed by atoms with E-state index in [0.717, 1.165) is 5.33 Å². The van der Waals surface area contributed by atoms with Crippen LogP contribution >= 0.6 is 15.9 Å². The maximum Gasteiger partial charge on any atom is 0.0880 e. The lowest BCUT2D eigenvalue weighted by Gasteiger charge is -2.29. The normalized spacial score (nSPS) is 11.3. The van der Waals surface area contributed by atoms with E-state index >= 15 is 0 Å². The molecule has 106 valence electrons. The van der Waals surface area contributed by atoms with Gasteiger partial charge in [0, 0.05) is 0 Å². The molecule has 0 heterocycles. The van der Waals surface area contributed by atoms with Crippen molar-refractivity contribution in [1.82, 2.24) is 0 Å². The van der Waals surface area contributed by atoms with Crippen LogP contribution in [0.4, 0.5) is 0 Å². The van der Waals surface area contributed by atoms with Crippen molar-refractivity contribution in [2.24, 2.45) is 0 Å². The van der Waals surface area contributed by atoms with Gasteiger partial charge in [-0.2, -0.15) is 0 Å². The molecule has 0 atom stereocenters. The second-order valence-corrected chi connectivity index (χ2v) is 6.34. The Kier molecular flexibility index (Phi) is 16.4. The zero-order valence-electron chi connectivity index (χ0n) is 12.0. The molecule has 0 saturated carbocycles. The molecule has 0 bridgehead atoms. The molecule has 0 fully saturated rings. The Balaban J connectivity index is 0. The summed E-state index contributed by atoms with van der Waals surface area (Å²) in [5.41, 5.74) is 0. The first-order valence-corrected chi connectivity index (χ1v) is 8.12. The average Bonchev–Trinajstić information content (AvgIpc) is 2.22. The van der Waals surface area contributed by atoms with Crippen LogP contribution in [0.15, 0.2) is 0 Å². The van der Waals surface area contributed by atoms with E-state index in [1.807, 2.05) is 0 Å². The van der Waals surface area contributed by atoms with Crippen LogP contribution in [0, 0.1) is 0 Å². The first-order chi connectivity index (χ1) is 7.62. The minimum Gasteiger partial charge on any atom is -1.00 e. The van der Waals surface area contributed by atoms with Gasteiger partial charge in [0.25, 0.3) is 0 Å². The number of quaternary nitrogens is 1. The first-order valence-electron chi connectivity index (χ1n) is 7.00. The van der Waals surface area contributed by atoms with Gasteiger partial charge in [-0.15, -0.1) is 0 Å². The molecule has 0 spiro atoms. The molecule has 0 aromatic rings. The maximum atomic E-state index is 3.53. The van der Waals surface area contributed by atoms with Gasteiger partial charge in [0.2, 0.25) is 0 Å². The molecule has 3 heteroatoms. The molecule has 17 heavy (non-hydrogen) atoms. The second-order valence-electron chi connectivity index (χ2n) is 5.55.